The van der Waals surface area contributed by atoms with Crippen molar-refractivity contribution in [2.75, 3.05) is 72.4 Å². The molecule has 2 N–H and O–H groups in total. The Morgan fingerprint density at radius 3 is 1.68 bits per heavy atom. The van der Waals surface area contributed by atoms with Gasteiger partial charge in [-0.3, -0.25) is 9.80 Å². The first kappa shape index (κ1) is 33.9. The molecule has 13 heteroatoms. The number of aromatic carboxylic acids is 2. The summed E-state index contributed by atoms with van der Waals surface area (Å²) in [5, 5.41) is 18.4. The van der Waals surface area contributed by atoms with E-state index in [0.717, 1.165) is 0 Å². The SMILES string of the molecule is [CH2-]C1COCCN(Cc2cccc(C(=O)O)n2)CCOCCOCCN(Cc2cccc(C(=O)O)n2)CCO1.[W]. The Morgan fingerprint density at radius 2 is 1.20 bits per heavy atom. The zero-order valence-electron chi connectivity index (χ0n) is 22.5. The molecule has 1 unspecified atom stereocenters. The number of carboxylic acids is 2. The first-order valence-corrected chi connectivity index (χ1v) is 12.9. The van der Waals surface area contributed by atoms with E-state index < -0.39 is 11.9 Å². The number of rotatable bonds is 6. The van der Waals surface area contributed by atoms with Gasteiger partial charge in [-0.1, -0.05) is 12.1 Å². The maximum atomic E-state index is 11.3. The van der Waals surface area contributed by atoms with Crippen LogP contribution in [0.5, 0.6) is 0 Å². The van der Waals surface area contributed by atoms with E-state index in [4.69, 9.17) is 18.9 Å². The van der Waals surface area contributed by atoms with Gasteiger partial charge in [0.05, 0.1) is 51.0 Å². The smallest absolute Gasteiger partial charge is 0.354 e. The van der Waals surface area contributed by atoms with Crippen molar-refractivity contribution in [3.8, 4) is 0 Å². The van der Waals surface area contributed by atoms with Gasteiger partial charge in [0.15, 0.2) is 0 Å². The predicted octanol–water partition coefficient (Wildman–Crippen LogP) is 1.46. The standard InChI is InChI=1S/C27H37N4O8.W/c1-21-20-38-14-10-30(18-22-4-2-6-24(28-22)26(32)33)8-12-36-16-17-37-13-9-31(11-15-39-21)19-23-5-3-7-25(29-23)27(34)35;/h2-7,21H,1,8-20H2,(H,32,33)(H,34,35);/q-1;. The van der Waals surface area contributed by atoms with Crippen LogP contribution in [0.1, 0.15) is 32.4 Å². The Kier molecular flexibility index (Phi) is 16.0. The topological polar surface area (TPSA) is 144 Å². The van der Waals surface area contributed by atoms with E-state index in [1.54, 1.807) is 24.3 Å². The average molecular weight is 729 g/mol. The van der Waals surface area contributed by atoms with Crippen molar-refractivity contribution in [2.24, 2.45) is 0 Å². The number of ether oxygens (including phenoxy) is 4. The van der Waals surface area contributed by atoms with Gasteiger partial charge in [-0.2, -0.15) is 0 Å². The van der Waals surface area contributed by atoms with Crippen molar-refractivity contribution in [3.63, 3.8) is 0 Å². The molecule has 1 atom stereocenters. The maximum Gasteiger partial charge on any atom is 0.354 e. The van der Waals surface area contributed by atoms with Crippen LogP contribution in [0.4, 0.5) is 0 Å². The van der Waals surface area contributed by atoms with Crippen LogP contribution in [0.15, 0.2) is 36.4 Å². The Morgan fingerprint density at radius 1 is 0.750 bits per heavy atom. The summed E-state index contributed by atoms with van der Waals surface area (Å²) in [7, 11) is 0. The van der Waals surface area contributed by atoms with Gasteiger partial charge in [0.25, 0.3) is 0 Å². The minimum Gasteiger partial charge on any atom is -0.477 e. The van der Waals surface area contributed by atoms with Crippen molar-refractivity contribution in [1.29, 1.82) is 0 Å². The van der Waals surface area contributed by atoms with Crippen LogP contribution in [-0.4, -0.2) is 120 Å². The minimum atomic E-state index is -1.06. The van der Waals surface area contributed by atoms with Crippen LogP contribution in [0.25, 0.3) is 0 Å². The number of carboxylic acid groups (broad SMARTS) is 2. The fourth-order valence-corrected chi connectivity index (χ4v) is 3.89. The number of pyridine rings is 2. The summed E-state index contributed by atoms with van der Waals surface area (Å²) in [5.41, 5.74) is 1.34. The fraction of sp³-hybridized carbons (Fsp3) is 0.519. The summed E-state index contributed by atoms with van der Waals surface area (Å²) >= 11 is 0. The van der Waals surface area contributed by atoms with E-state index >= 15 is 0 Å². The van der Waals surface area contributed by atoms with Crippen molar-refractivity contribution in [1.82, 2.24) is 19.8 Å². The number of hydrogen-bond donors (Lipinski definition) is 2. The molecule has 1 saturated heterocycles. The minimum absolute atomic E-state index is 0. The van der Waals surface area contributed by atoms with E-state index in [2.05, 4.69) is 26.7 Å². The summed E-state index contributed by atoms with van der Waals surface area (Å²) < 4.78 is 23.1. The molecule has 1 aliphatic heterocycles. The van der Waals surface area contributed by atoms with Gasteiger partial charge in [-0.15, -0.1) is 0 Å². The second-order valence-electron chi connectivity index (χ2n) is 8.98. The fourth-order valence-electron chi connectivity index (χ4n) is 3.89. The number of hydrogen-bond acceptors (Lipinski definition) is 10. The van der Waals surface area contributed by atoms with Gasteiger partial charge < -0.3 is 36.1 Å². The molecule has 2 aromatic rings. The Balaban J connectivity index is 0.00000560. The molecule has 0 bridgehead atoms. The number of carbonyl (C=O) groups is 2. The summed E-state index contributed by atoms with van der Waals surface area (Å²) in [6, 6.07) is 9.92. The molecular weight excluding hydrogens is 692 g/mol. The van der Waals surface area contributed by atoms with Crippen molar-refractivity contribution in [2.45, 2.75) is 19.2 Å². The summed E-state index contributed by atoms with van der Waals surface area (Å²) in [6.45, 7) is 10.3. The third-order valence-electron chi connectivity index (χ3n) is 5.92. The molecule has 0 spiro atoms. The van der Waals surface area contributed by atoms with Crippen molar-refractivity contribution >= 4 is 11.9 Å². The van der Waals surface area contributed by atoms with E-state index in [0.29, 0.717) is 96.9 Å². The molecule has 0 aliphatic carbocycles. The summed E-state index contributed by atoms with van der Waals surface area (Å²) in [4.78, 5) is 35.1. The normalized spacial score (nSPS) is 19.6. The molecule has 1 fully saturated rings. The van der Waals surface area contributed by atoms with Gasteiger partial charge in [-0.05, 0) is 30.4 Å². The van der Waals surface area contributed by atoms with Crippen LogP contribution in [0.2, 0.25) is 0 Å². The number of aromatic nitrogens is 2. The molecule has 40 heavy (non-hydrogen) atoms. The molecule has 0 radical (unpaired) electrons. The van der Waals surface area contributed by atoms with Gasteiger partial charge in [0.1, 0.15) is 11.4 Å². The quantitative estimate of drug-likeness (QED) is 0.416. The molecular formula is C27H37N4O8W-. The van der Waals surface area contributed by atoms with E-state index in [9.17, 15) is 19.8 Å². The molecule has 3 rings (SSSR count). The van der Waals surface area contributed by atoms with E-state index in [1.807, 2.05) is 0 Å². The van der Waals surface area contributed by atoms with Gasteiger partial charge >= 0.3 is 11.9 Å². The van der Waals surface area contributed by atoms with Crippen molar-refractivity contribution in [3.05, 3.63) is 66.1 Å². The second kappa shape index (κ2) is 18.9. The zero-order valence-corrected chi connectivity index (χ0v) is 25.4. The van der Waals surface area contributed by atoms with Gasteiger partial charge in [-0.25, -0.2) is 19.6 Å². The molecule has 0 amide bonds. The first-order chi connectivity index (χ1) is 18.9. The second-order valence-corrected chi connectivity index (χ2v) is 8.98. The number of nitrogens with zero attached hydrogens (tertiary/aromatic N) is 4. The van der Waals surface area contributed by atoms with Gasteiger partial charge in [0.2, 0.25) is 0 Å². The summed E-state index contributed by atoms with van der Waals surface area (Å²) in [5.74, 6) is -2.12. The predicted molar refractivity (Wildman–Crippen MR) is 141 cm³/mol. The third kappa shape index (κ3) is 12.9. The largest absolute Gasteiger partial charge is 0.477 e. The Bertz CT molecular complexity index is 1050. The monoisotopic (exact) mass is 729 g/mol. The van der Waals surface area contributed by atoms with Crippen LogP contribution < -0.4 is 0 Å². The van der Waals surface area contributed by atoms with Gasteiger partial charge in [0, 0.05) is 66.9 Å². The molecule has 0 saturated carbocycles. The first-order valence-electron chi connectivity index (χ1n) is 12.9. The zero-order chi connectivity index (χ0) is 27.9. The van der Waals surface area contributed by atoms with E-state index in [-0.39, 0.29) is 38.6 Å². The Labute approximate surface area is 248 Å². The Hall–Kier alpha value is -2.31. The average Bonchev–Trinajstić information content (AvgIpc) is 2.92. The molecule has 0 aromatic carbocycles. The van der Waals surface area contributed by atoms with Crippen LogP contribution >= 0.6 is 0 Å². The van der Waals surface area contributed by atoms with Crippen molar-refractivity contribution < 1.29 is 59.8 Å². The maximum absolute atomic E-state index is 11.3. The molecule has 12 nitrogen and oxygen atoms in total. The molecule has 220 valence electrons. The molecule has 1 aliphatic rings. The molecule has 2 aromatic heterocycles. The van der Waals surface area contributed by atoms with Crippen LogP contribution in [0, 0.1) is 6.92 Å². The van der Waals surface area contributed by atoms with Crippen LogP contribution in [0.3, 0.4) is 0 Å². The van der Waals surface area contributed by atoms with Crippen LogP contribution in [-0.2, 0) is 53.1 Å². The summed E-state index contributed by atoms with van der Waals surface area (Å²) in [6.07, 6.45) is -0.360. The third-order valence-corrected chi connectivity index (χ3v) is 5.92. The molecule has 3 heterocycles. The van der Waals surface area contributed by atoms with E-state index in [1.165, 1.54) is 12.1 Å².